The fraction of sp³-hybridized carbons (Fsp3) is 0.391. The lowest BCUT2D eigenvalue weighted by Gasteiger charge is -2.29. The molecule has 0 fully saturated rings. The molecule has 0 heterocycles. The minimum atomic E-state index is -3.82. The van der Waals surface area contributed by atoms with E-state index in [1.54, 1.807) is 38.1 Å². The molecule has 2 amide bonds. The molecular formula is C23H28ClF2N3O4S. The van der Waals surface area contributed by atoms with Crippen molar-refractivity contribution in [3.8, 4) is 0 Å². The third-order valence-corrected chi connectivity index (χ3v) is 6.53. The Kier molecular flexibility index (Phi) is 9.81. The second-order valence-electron chi connectivity index (χ2n) is 7.76. The minimum absolute atomic E-state index is 0.0414. The summed E-state index contributed by atoms with van der Waals surface area (Å²) in [6.45, 7) is 3.79. The maximum Gasteiger partial charge on any atom is 0.242 e. The normalized spacial score (nSPS) is 12.2. The van der Waals surface area contributed by atoms with Gasteiger partial charge in [-0.05, 0) is 50.1 Å². The van der Waals surface area contributed by atoms with E-state index in [2.05, 4.69) is 5.32 Å². The summed E-state index contributed by atoms with van der Waals surface area (Å²) in [5.41, 5.74) is 0.692. The number of nitrogens with zero attached hydrogens (tertiary/aromatic N) is 2. The van der Waals surface area contributed by atoms with Crippen LogP contribution >= 0.6 is 11.6 Å². The summed E-state index contributed by atoms with van der Waals surface area (Å²) < 4.78 is 52.3. The van der Waals surface area contributed by atoms with Crippen molar-refractivity contribution in [2.45, 2.75) is 39.3 Å². The van der Waals surface area contributed by atoms with Crippen molar-refractivity contribution in [3.63, 3.8) is 0 Å². The van der Waals surface area contributed by atoms with Gasteiger partial charge in [-0.15, -0.1) is 0 Å². The maximum absolute atomic E-state index is 13.6. The molecule has 11 heteroatoms. The van der Waals surface area contributed by atoms with Crippen molar-refractivity contribution >= 4 is 39.1 Å². The van der Waals surface area contributed by atoms with Gasteiger partial charge in [0.15, 0.2) is 11.6 Å². The SMILES string of the molecule is CCNC(=O)[C@@H](C)N(Cc1cccc(Cl)c1)C(=O)CCCN(c1ccc(F)c(F)c1)S(C)(=O)=O. The highest BCUT2D eigenvalue weighted by Gasteiger charge is 2.26. The van der Waals surface area contributed by atoms with Crippen LogP contribution in [0.3, 0.4) is 0 Å². The van der Waals surface area contributed by atoms with E-state index in [9.17, 15) is 26.8 Å². The van der Waals surface area contributed by atoms with Crippen LogP contribution in [0.2, 0.25) is 5.02 Å². The number of hydrogen-bond donors (Lipinski definition) is 1. The Hall–Kier alpha value is -2.72. The van der Waals surface area contributed by atoms with Crippen molar-refractivity contribution in [1.82, 2.24) is 10.2 Å². The lowest BCUT2D eigenvalue weighted by Crippen LogP contribution is -2.47. The first-order valence-corrected chi connectivity index (χ1v) is 12.9. The summed E-state index contributed by atoms with van der Waals surface area (Å²) in [5, 5.41) is 3.18. The Morgan fingerprint density at radius 1 is 1.12 bits per heavy atom. The van der Waals surface area contributed by atoms with Crippen molar-refractivity contribution in [2.75, 3.05) is 23.7 Å². The van der Waals surface area contributed by atoms with Gasteiger partial charge in [0.2, 0.25) is 21.8 Å². The molecule has 0 saturated carbocycles. The minimum Gasteiger partial charge on any atom is -0.355 e. The second kappa shape index (κ2) is 12.1. The third kappa shape index (κ3) is 7.66. The summed E-state index contributed by atoms with van der Waals surface area (Å²) in [6.07, 6.45) is 0.970. The van der Waals surface area contributed by atoms with Crippen LogP contribution in [0.1, 0.15) is 32.3 Å². The van der Waals surface area contributed by atoms with E-state index in [1.165, 1.54) is 4.90 Å². The van der Waals surface area contributed by atoms with Gasteiger partial charge in [-0.2, -0.15) is 0 Å². The van der Waals surface area contributed by atoms with Crippen LogP contribution in [0.25, 0.3) is 0 Å². The molecule has 0 spiro atoms. The molecule has 2 rings (SSSR count). The van der Waals surface area contributed by atoms with Crippen LogP contribution in [-0.2, 0) is 26.2 Å². The molecule has 2 aromatic rings. The molecule has 0 aromatic heterocycles. The summed E-state index contributed by atoms with van der Waals surface area (Å²) in [4.78, 5) is 26.9. The number of nitrogens with one attached hydrogen (secondary N) is 1. The molecule has 0 aliphatic carbocycles. The number of rotatable bonds is 11. The molecule has 0 bridgehead atoms. The summed E-state index contributed by atoms with van der Waals surface area (Å²) in [7, 11) is -3.82. The maximum atomic E-state index is 13.6. The third-order valence-electron chi connectivity index (χ3n) is 5.10. The second-order valence-corrected chi connectivity index (χ2v) is 10.1. The molecule has 0 aliphatic heterocycles. The van der Waals surface area contributed by atoms with Gasteiger partial charge in [0.25, 0.3) is 0 Å². The number of carbonyl (C=O) groups excluding carboxylic acids is 2. The molecule has 0 aliphatic rings. The van der Waals surface area contributed by atoms with Crippen LogP contribution in [0.15, 0.2) is 42.5 Å². The van der Waals surface area contributed by atoms with E-state index in [4.69, 9.17) is 11.6 Å². The largest absolute Gasteiger partial charge is 0.355 e. The predicted octanol–water partition coefficient (Wildman–Crippen LogP) is 3.72. The highest BCUT2D eigenvalue weighted by atomic mass is 35.5. The zero-order chi connectivity index (χ0) is 25.5. The predicted molar refractivity (Wildman–Crippen MR) is 128 cm³/mol. The first-order chi connectivity index (χ1) is 15.9. The molecule has 2 aromatic carbocycles. The lowest BCUT2D eigenvalue weighted by molar-refractivity contribution is -0.140. The number of sulfonamides is 1. The quantitative estimate of drug-likeness (QED) is 0.494. The molecule has 0 radical (unpaired) electrons. The fourth-order valence-electron chi connectivity index (χ4n) is 3.38. The van der Waals surface area contributed by atoms with Gasteiger partial charge >= 0.3 is 0 Å². The van der Waals surface area contributed by atoms with Gasteiger partial charge in [0, 0.05) is 37.1 Å². The molecule has 1 atom stereocenters. The van der Waals surface area contributed by atoms with Crippen LogP contribution < -0.4 is 9.62 Å². The van der Waals surface area contributed by atoms with Crippen LogP contribution in [0.5, 0.6) is 0 Å². The fourth-order valence-corrected chi connectivity index (χ4v) is 4.55. The highest BCUT2D eigenvalue weighted by molar-refractivity contribution is 7.92. The molecule has 0 unspecified atom stereocenters. The number of benzene rings is 2. The van der Waals surface area contributed by atoms with Crippen molar-refractivity contribution in [3.05, 3.63) is 64.7 Å². The molecular weight excluding hydrogens is 488 g/mol. The number of carbonyl (C=O) groups is 2. The Morgan fingerprint density at radius 3 is 2.41 bits per heavy atom. The van der Waals surface area contributed by atoms with Crippen LogP contribution in [-0.4, -0.2) is 50.5 Å². The molecule has 7 nitrogen and oxygen atoms in total. The smallest absolute Gasteiger partial charge is 0.242 e. The van der Waals surface area contributed by atoms with Gasteiger partial charge in [0.1, 0.15) is 6.04 Å². The standard InChI is InChI=1S/C23H28ClF2N3O4S/c1-4-27-23(31)16(2)28(15-17-7-5-8-18(24)13-17)22(30)9-6-12-29(34(3,32)33)19-10-11-20(25)21(26)14-19/h5,7-8,10-11,13-14,16H,4,6,9,12,15H2,1-3H3,(H,27,31)/t16-/m1/s1. The van der Waals surface area contributed by atoms with Gasteiger partial charge in [-0.25, -0.2) is 17.2 Å². The van der Waals surface area contributed by atoms with E-state index >= 15 is 0 Å². The molecule has 186 valence electrons. The average Bonchev–Trinajstić information content (AvgIpc) is 2.76. The van der Waals surface area contributed by atoms with Crippen LogP contribution in [0, 0.1) is 11.6 Å². The summed E-state index contributed by atoms with van der Waals surface area (Å²) in [5.74, 6) is -2.95. The van der Waals surface area contributed by atoms with E-state index in [0.29, 0.717) is 11.6 Å². The molecule has 1 N–H and O–H groups in total. The first kappa shape index (κ1) is 27.5. The Bertz CT molecular complexity index is 1130. The zero-order valence-corrected chi connectivity index (χ0v) is 20.8. The molecule has 34 heavy (non-hydrogen) atoms. The summed E-state index contributed by atoms with van der Waals surface area (Å²) in [6, 6.07) is 8.93. The van der Waals surface area contributed by atoms with E-state index in [1.807, 2.05) is 0 Å². The Labute approximate surface area is 203 Å². The average molecular weight is 516 g/mol. The highest BCUT2D eigenvalue weighted by Crippen LogP contribution is 2.22. The van der Waals surface area contributed by atoms with Crippen molar-refractivity contribution in [1.29, 1.82) is 0 Å². The number of hydrogen-bond acceptors (Lipinski definition) is 4. The van der Waals surface area contributed by atoms with Gasteiger partial charge < -0.3 is 10.2 Å². The van der Waals surface area contributed by atoms with Gasteiger partial charge in [0.05, 0.1) is 11.9 Å². The first-order valence-electron chi connectivity index (χ1n) is 10.7. The van der Waals surface area contributed by atoms with Crippen LogP contribution in [0.4, 0.5) is 14.5 Å². The summed E-state index contributed by atoms with van der Waals surface area (Å²) >= 11 is 6.04. The van der Waals surface area contributed by atoms with E-state index in [0.717, 1.165) is 34.3 Å². The number of likely N-dealkylation sites (N-methyl/N-ethyl adjacent to an activating group) is 1. The van der Waals surface area contributed by atoms with E-state index in [-0.39, 0.29) is 43.4 Å². The van der Waals surface area contributed by atoms with Gasteiger partial charge in [-0.3, -0.25) is 13.9 Å². The monoisotopic (exact) mass is 515 g/mol. The Morgan fingerprint density at radius 2 is 1.82 bits per heavy atom. The number of amides is 2. The lowest BCUT2D eigenvalue weighted by atomic mass is 10.1. The number of anilines is 1. The molecule has 0 saturated heterocycles. The Balaban J connectivity index is 2.17. The van der Waals surface area contributed by atoms with E-state index < -0.39 is 27.7 Å². The van der Waals surface area contributed by atoms with Gasteiger partial charge in [-0.1, -0.05) is 23.7 Å². The van der Waals surface area contributed by atoms with Crippen molar-refractivity contribution in [2.24, 2.45) is 0 Å². The number of halogens is 3. The topological polar surface area (TPSA) is 86.8 Å². The zero-order valence-electron chi connectivity index (χ0n) is 19.2. The van der Waals surface area contributed by atoms with Crippen molar-refractivity contribution < 1.29 is 26.8 Å².